The van der Waals surface area contributed by atoms with E-state index in [0.29, 0.717) is 17.7 Å². The van der Waals surface area contributed by atoms with Gasteiger partial charge in [0.15, 0.2) is 11.4 Å². The number of anilines is 1. The van der Waals surface area contributed by atoms with Crippen molar-refractivity contribution in [3.05, 3.63) is 81.3 Å². The topological polar surface area (TPSA) is 165 Å². The molecule has 5 rings (SSSR count). The van der Waals surface area contributed by atoms with E-state index in [1.807, 2.05) is 35.2 Å². The van der Waals surface area contributed by atoms with Crippen molar-refractivity contribution in [2.75, 3.05) is 33.1 Å². The molecule has 3 aliphatic carbocycles. The van der Waals surface area contributed by atoms with Crippen LogP contribution in [0.3, 0.4) is 0 Å². The lowest BCUT2D eigenvalue weighted by molar-refractivity contribution is -0.148. The zero-order chi connectivity index (χ0) is 30.7. The number of likely N-dealkylation sites (N-methyl/N-ethyl adjacent to an activating group) is 1. The molecule has 0 saturated heterocycles. The van der Waals surface area contributed by atoms with Crippen LogP contribution in [0, 0.1) is 23.7 Å². The van der Waals surface area contributed by atoms with Crippen LogP contribution in [-0.4, -0.2) is 82.6 Å². The first-order valence-corrected chi connectivity index (χ1v) is 13.5. The number of nitrogens with zero attached hydrogens (tertiary/aromatic N) is 2. The minimum atomic E-state index is -2.68. The molecule has 0 aliphatic heterocycles. The van der Waals surface area contributed by atoms with Crippen molar-refractivity contribution >= 4 is 23.2 Å². The summed E-state index contributed by atoms with van der Waals surface area (Å²) in [5.74, 6) is -0.860. The van der Waals surface area contributed by atoms with Crippen LogP contribution in [0.15, 0.2) is 59.1 Å². The Kier molecular flexibility index (Phi) is 7.13. The van der Waals surface area contributed by atoms with Crippen molar-refractivity contribution in [2.45, 2.75) is 30.9 Å². The molecule has 0 spiro atoms. The van der Waals surface area contributed by atoms with E-state index in [-0.39, 0.29) is 35.3 Å². The number of hydrogen-bond donors (Lipinski definition) is 5. The Hall–Kier alpha value is -4.59. The third-order valence-corrected chi connectivity index (χ3v) is 8.54. The van der Waals surface area contributed by atoms with E-state index in [0.717, 1.165) is 5.56 Å². The van der Waals surface area contributed by atoms with E-state index in [2.05, 4.69) is 11.8 Å². The fourth-order valence-electron chi connectivity index (χ4n) is 6.63. The van der Waals surface area contributed by atoms with Gasteiger partial charge in [-0.25, -0.2) is 0 Å². The van der Waals surface area contributed by atoms with E-state index in [9.17, 15) is 34.8 Å². The fourth-order valence-corrected chi connectivity index (χ4v) is 6.63. The predicted octanol–water partition coefficient (Wildman–Crippen LogP) is 1.78. The molecule has 2 aromatic rings. The maximum atomic E-state index is 14.1. The Morgan fingerprint density at radius 3 is 2.36 bits per heavy atom. The van der Waals surface area contributed by atoms with Gasteiger partial charge in [0, 0.05) is 37.7 Å². The van der Waals surface area contributed by atoms with Gasteiger partial charge in [-0.05, 0) is 50.0 Å². The smallest absolute Gasteiger partial charge is 0.255 e. The van der Waals surface area contributed by atoms with Crippen molar-refractivity contribution in [1.82, 2.24) is 4.90 Å². The molecule has 0 aromatic heterocycles. The monoisotopic (exact) mass is 571 g/mol. The second kappa shape index (κ2) is 10.4. The minimum absolute atomic E-state index is 0.0258. The molecule has 6 N–H and O–H groups in total. The molecular weight excluding hydrogens is 538 g/mol. The average molecular weight is 572 g/mol. The third-order valence-electron chi connectivity index (χ3n) is 8.54. The Morgan fingerprint density at radius 1 is 1.10 bits per heavy atom. The summed E-state index contributed by atoms with van der Waals surface area (Å²) in [4.78, 5) is 43.1. The first kappa shape index (κ1) is 28.9. The van der Waals surface area contributed by atoms with E-state index in [4.69, 9.17) is 5.73 Å². The maximum Gasteiger partial charge on any atom is 0.255 e. The van der Waals surface area contributed by atoms with Crippen LogP contribution in [0.1, 0.15) is 33.5 Å². The number of aliphatic hydroxyl groups is 3. The summed E-state index contributed by atoms with van der Waals surface area (Å²) in [6, 6.07) is 10.2. The first-order chi connectivity index (χ1) is 19.8. The number of phenols is 1. The van der Waals surface area contributed by atoms with Gasteiger partial charge in [0.2, 0.25) is 5.78 Å². The highest BCUT2D eigenvalue weighted by Gasteiger charge is 2.63. The normalized spacial score (nSPS) is 25.0. The second-order valence-corrected chi connectivity index (χ2v) is 11.5. The van der Waals surface area contributed by atoms with Gasteiger partial charge in [-0.2, -0.15) is 0 Å². The Morgan fingerprint density at radius 2 is 1.76 bits per heavy atom. The SMILES string of the molecule is CN(C)c1cc(C#CCc2ccccc2)c(O)c2c1C[C@@H]1C[C@H]3[C@H](N(C)C)C(O)=C(C(N)=O)C(=O)[C@@]3(O)C(O)=C1C2=O. The Labute approximate surface area is 243 Å². The van der Waals surface area contributed by atoms with Crippen molar-refractivity contribution < 1.29 is 34.8 Å². The number of primary amides is 1. The minimum Gasteiger partial charge on any atom is -0.510 e. The molecule has 0 unspecified atom stereocenters. The average Bonchev–Trinajstić information content (AvgIpc) is 2.92. The van der Waals surface area contributed by atoms with Crippen molar-refractivity contribution in [3.63, 3.8) is 0 Å². The summed E-state index contributed by atoms with van der Waals surface area (Å²) in [5.41, 5.74) is 4.01. The fraction of sp³-hybridized carbons (Fsp3) is 0.344. The molecule has 2 aromatic carbocycles. The van der Waals surface area contributed by atoms with Gasteiger partial charge in [-0.15, -0.1) is 0 Å². The van der Waals surface area contributed by atoms with Crippen LogP contribution in [0.2, 0.25) is 0 Å². The van der Waals surface area contributed by atoms with Crippen LogP contribution in [0.25, 0.3) is 0 Å². The largest absolute Gasteiger partial charge is 0.510 e. The lowest BCUT2D eigenvalue weighted by Gasteiger charge is -2.50. The zero-order valence-corrected chi connectivity index (χ0v) is 23.8. The van der Waals surface area contributed by atoms with Crippen LogP contribution in [0.4, 0.5) is 5.69 Å². The number of phenolic OH excluding ortho intramolecular Hbond substituents is 1. The number of aromatic hydroxyl groups is 1. The third kappa shape index (κ3) is 4.24. The highest BCUT2D eigenvalue weighted by Crippen LogP contribution is 2.53. The van der Waals surface area contributed by atoms with Gasteiger partial charge < -0.3 is 31.1 Å². The number of carbonyl (C=O) groups excluding carboxylic acids is 3. The van der Waals surface area contributed by atoms with Gasteiger partial charge in [0.1, 0.15) is 22.8 Å². The molecule has 4 atom stereocenters. The molecule has 0 heterocycles. The summed E-state index contributed by atoms with van der Waals surface area (Å²) in [5, 5.41) is 45.5. The van der Waals surface area contributed by atoms with Gasteiger partial charge in [0.25, 0.3) is 5.91 Å². The van der Waals surface area contributed by atoms with Crippen LogP contribution in [-0.2, 0) is 22.4 Å². The molecule has 42 heavy (non-hydrogen) atoms. The maximum absolute atomic E-state index is 14.1. The van der Waals surface area contributed by atoms with Gasteiger partial charge in [-0.3, -0.25) is 19.3 Å². The number of rotatable bonds is 4. The molecule has 10 heteroatoms. The quantitative estimate of drug-likeness (QED) is 0.272. The first-order valence-electron chi connectivity index (χ1n) is 13.5. The van der Waals surface area contributed by atoms with E-state index < -0.39 is 58.0 Å². The van der Waals surface area contributed by atoms with E-state index >= 15 is 0 Å². The van der Waals surface area contributed by atoms with Gasteiger partial charge in [-0.1, -0.05) is 42.2 Å². The summed E-state index contributed by atoms with van der Waals surface area (Å²) in [6.45, 7) is 0. The number of benzene rings is 2. The number of amides is 1. The molecule has 0 bridgehead atoms. The summed E-state index contributed by atoms with van der Waals surface area (Å²) >= 11 is 0. The number of allylic oxidation sites excluding steroid dienone is 1. The molecule has 1 amide bonds. The molecule has 0 saturated carbocycles. The second-order valence-electron chi connectivity index (χ2n) is 11.5. The number of carbonyl (C=O) groups is 3. The van der Waals surface area contributed by atoms with Crippen molar-refractivity contribution in [2.24, 2.45) is 17.6 Å². The molecular formula is C32H33N3O7. The summed E-state index contributed by atoms with van der Waals surface area (Å²) in [6.07, 6.45) is 0.647. The highest BCUT2D eigenvalue weighted by molar-refractivity contribution is 6.25. The standard InChI is InChI=1S/C32H33N3O7/c1-34(2)21-15-17(12-8-11-16-9-6-5-7-10-16)26(36)23-19(21)13-18-14-20-25(35(3)4)28(38)24(31(33)41)30(40)32(20,42)29(39)22(18)27(23)37/h5-7,9-10,15,18,20,25,36,38-39,42H,11,13-14H2,1-4H3,(H2,33,41)/t18-,20+,25+,32+/m1/s1. The van der Waals surface area contributed by atoms with Crippen LogP contribution < -0.4 is 10.6 Å². The van der Waals surface area contributed by atoms with Crippen LogP contribution in [0.5, 0.6) is 5.75 Å². The molecule has 10 nitrogen and oxygen atoms in total. The van der Waals surface area contributed by atoms with Gasteiger partial charge in [0.05, 0.1) is 17.2 Å². The lowest BCUT2D eigenvalue weighted by Crippen LogP contribution is -2.63. The Balaban J connectivity index is 1.67. The Bertz CT molecular complexity index is 1650. The van der Waals surface area contributed by atoms with Crippen molar-refractivity contribution in [3.8, 4) is 17.6 Å². The van der Waals surface area contributed by atoms with Gasteiger partial charge >= 0.3 is 0 Å². The van der Waals surface area contributed by atoms with Crippen molar-refractivity contribution in [1.29, 1.82) is 0 Å². The number of fused-ring (bicyclic) bond motifs is 3. The summed E-state index contributed by atoms with van der Waals surface area (Å²) < 4.78 is 0. The summed E-state index contributed by atoms with van der Waals surface area (Å²) in [7, 11) is 6.79. The number of hydrogen-bond acceptors (Lipinski definition) is 9. The number of nitrogens with two attached hydrogens (primary N) is 1. The molecule has 3 aliphatic rings. The van der Waals surface area contributed by atoms with Crippen LogP contribution >= 0.6 is 0 Å². The number of Topliss-reactive ketones (excluding diaryl/α,β-unsaturated/α-hetero) is 2. The zero-order valence-electron chi connectivity index (χ0n) is 23.8. The molecule has 218 valence electrons. The molecule has 0 radical (unpaired) electrons. The highest BCUT2D eigenvalue weighted by atomic mass is 16.3. The molecule has 0 fully saturated rings. The number of aliphatic hydroxyl groups excluding tert-OH is 2. The predicted molar refractivity (Wildman–Crippen MR) is 155 cm³/mol. The number of ketones is 2. The van der Waals surface area contributed by atoms with E-state index in [1.165, 1.54) is 4.90 Å². The van der Waals surface area contributed by atoms with E-state index in [1.54, 1.807) is 34.3 Å². The lowest BCUT2D eigenvalue weighted by atomic mass is 9.58.